The first-order valence-corrected chi connectivity index (χ1v) is 7.39. The minimum absolute atomic E-state index is 0.123. The molecule has 0 N–H and O–H groups in total. The van der Waals surface area contributed by atoms with Crippen LogP contribution in [0.25, 0.3) is 28.3 Å². The van der Waals surface area contributed by atoms with Crippen molar-refractivity contribution in [2.24, 2.45) is 7.05 Å². The molecule has 4 aromatic rings. The van der Waals surface area contributed by atoms with Gasteiger partial charge in [-0.05, 0) is 48.5 Å². The predicted molar refractivity (Wildman–Crippen MR) is 86.8 cm³/mol. The summed E-state index contributed by atoms with van der Waals surface area (Å²) in [7, 11) is 1.50. The van der Waals surface area contributed by atoms with Crippen LogP contribution in [0.4, 0.5) is 8.78 Å². The highest BCUT2D eigenvalue weighted by molar-refractivity contribution is 5.78. The SMILES string of the molecule is Cn1nc2nnc(-c3ccc(F)cc3)c(-c3ccc(F)cc3)n2c1=O. The molecular weight excluding hydrogens is 328 g/mol. The maximum Gasteiger partial charge on any atom is 0.351 e. The van der Waals surface area contributed by atoms with Gasteiger partial charge >= 0.3 is 5.69 Å². The maximum atomic E-state index is 13.3. The molecule has 8 heteroatoms. The van der Waals surface area contributed by atoms with E-state index in [1.165, 1.54) is 47.8 Å². The van der Waals surface area contributed by atoms with E-state index in [2.05, 4.69) is 15.3 Å². The van der Waals surface area contributed by atoms with Crippen molar-refractivity contribution in [1.82, 2.24) is 24.4 Å². The van der Waals surface area contributed by atoms with Gasteiger partial charge < -0.3 is 0 Å². The molecule has 0 fully saturated rings. The van der Waals surface area contributed by atoms with Crippen LogP contribution in [-0.4, -0.2) is 24.4 Å². The Kier molecular flexibility index (Phi) is 3.38. The normalized spacial score (nSPS) is 11.2. The van der Waals surface area contributed by atoms with Crippen LogP contribution in [0.1, 0.15) is 0 Å². The number of aromatic nitrogens is 5. The molecule has 0 bridgehead atoms. The summed E-state index contributed by atoms with van der Waals surface area (Å²) in [5.41, 5.74) is 1.51. The number of halogens is 2. The Bertz CT molecular complexity index is 1130. The summed E-state index contributed by atoms with van der Waals surface area (Å²) in [6.07, 6.45) is 0. The van der Waals surface area contributed by atoms with Gasteiger partial charge in [0.1, 0.15) is 17.3 Å². The molecule has 2 aromatic carbocycles. The van der Waals surface area contributed by atoms with E-state index in [4.69, 9.17) is 0 Å². The molecule has 0 amide bonds. The second-order valence-corrected chi connectivity index (χ2v) is 5.45. The lowest BCUT2D eigenvalue weighted by atomic mass is 10.0. The van der Waals surface area contributed by atoms with E-state index in [9.17, 15) is 13.6 Å². The van der Waals surface area contributed by atoms with Crippen molar-refractivity contribution in [2.45, 2.75) is 0 Å². The van der Waals surface area contributed by atoms with Gasteiger partial charge in [0.2, 0.25) is 0 Å². The molecule has 0 spiro atoms. The fourth-order valence-electron chi connectivity index (χ4n) is 2.64. The predicted octanol–water partition coefficient (Wildman–Crippen LogP) is 2.44. The molecule has 2 aromatic heterocycles. The molecule has 0 aliphatic heterocycles. The molecule has 0 saturated heterocycles. The summed E-state index contributed by atoms with van der Waals surface area (Å²) in [5, 5.41) is 12.2. The Morgan fingerprint density at radius 2 is 1.40 bits per heavy atom. The van der Waals surface area contributed by atoms with E-state index in [1.807, 2.05) is 0 Å². The summed E-state index contributed by atoms with van der Waals surface area (Å²) >= 11 is 0. The van der Waals surface area contributed by atoms with Crippen molar-refractivity contribution in [3.8, 4) is 22.5 Å². The topological polar surface area (TPSA) is 65.1 Å². The lowest BCUT2D eigenvalue weighted by Crippen LogP contribution is -2.20. The highest BCUT2D eigenvalue weighted by atomic mass is 19.1. The number of benzene rings is 2. The Hall–Kier alpha value is -3.42. The van der Waals surface area contributed by atoms with Crippen LogP contribution in [0.5, 0.6) is 0 Å². The van der Waals surface area contributed by atoms with Gasteiger partial charge in [0, 0.05) is 18.2 Å². The lowest BCUT2D eigenvalue weighted by Gasteiger charge is -2.10. The molecule has 0 radical (unpaired) electrons. The molecule has 0 saturated carbocycles. The first-order chi connectivity index (χ1) is 12.0. The molecule has 0 aliphatic rings. The molecule has 124 valence electrons. The second-order valence-electron chi connectivity index (χ2n) is 5.45. The van der Waals surface area contributed by atoms with Crippen molar-refractivity contribution >= 4 is 5.78 Å². The standard InChI is InChI=1S/C17H11F2N5O/c1-23-17(25)24-15(11-4-8-13(19)9-5-11)14(20-21-16(24)22-23)10-2-6-12(18)7-3-10/h2-9H,1H3. The molecule has 2 heterocycles. The number of rotatable bonds is 2. The van der Waals surface area contributed by atoms with Crippen LogP contribution < -0.4 is 5.69 Å². The van der Waals surface area contributed by atoms with Gasteiger partial charge in [-0.2, -0.15) is 0 Å². The van der Waals surface area contributed by atoms with Crippen LogP contribution in [-0.2, 0) is 7.05 Å². The van der Waals surface area contributed by atoms with E-state index in [0.717, 1.165) is 4.68 Å². The Labute approximate surface area is 140 Å². The van der Waals surface area contributed by atoms with Gasteiger partial charge in [-0.1, -0.05) is 0 Å². The molecule has 4 rings (SSSR count). The minimum atomic E-state index is -0.410. The molecule has 0 aliphatic carbocycles. The minimum Gasteiger partial charge on any atom is -0.246 e. The quantitative estimate of drug-likeness (QED) is 0.563. The molecular formula is C17H11F2N5O. The summed E-state index contributed by atoms with van der Waals surface area (Å²) in [6, 6.07) is 11.3. The fourth-order valence-corrected chi connectivity index (χ4v) is 2.64. The first kappa shape index (κ1) is 15.1. The van der Waals surface area contributed by atoms with Crippen LogP contribution in [0.3, 0.4) is 0 Å². The van der Waals surface area contributed by atoms with E-state index in [0.29, 0.717) is 22.5 Å². The van der Waals surface area contributed by atoms with Gasteiger partial charge in [0.05, 0.1) is 5.69 Å². The van der Waals surface area contributed by atoms with E-state index in [1.54, 1.807) is 12.1 Å². The van der Waals surface area contributed by atoms with Crippen molar-refractivity contribution in [3.05, 3.63) is 70.6 Å². The third kappa shape index (κ3) is 2.47. The van der Waals surface area contributed by atoms with Gasteiger partial charge in [-0.25, -0.2) is 22.7 Å². The van der Waals surface area contributed by atoms with Gasteiger partial charge in [-0.15, -0.1) is 15.3 Å². The summed E-state index contributed by atoms with van der Waals surface area (Å²) in [4.78, 5) is 12.5. The summed E-state index contributed by atoms with van der Waals surface area (Å²) in [5.74, 6) is -0.666. The third-order valence-corrected chi connectivity index (χ3v) is 3.83. The largest absolute Gasteiger partial charge is 0.351 e. The first-order valence-electron chi connectivity index (χ1n) is 7.39. The van der Waals surface area contributed by atoms with Crippen molar-refractivity contribution in [1.29, 1.82) is 0 Å². The summed E-state index contributed by atoms with van der Waals surface area (Å²) in [6.45, 7) is 0. The van der Waals surface area contributed by atoms with E-state index in [-0.39, 0.29) is 11.6 Å². The molecule has 0 unspecified atom stereocenters. The van der Waals surface area contributed by atoms with Crippen molar-refractivity contribution in [2.75, 3.05) is 0 Å². The zero-order chi connectivity index (χ0) is 17.6. The number of fused-ring (bicyclic) bond motifs is 1. The van der Waals surface area contributed by atoms with Crippen LogP contribution in [0, 0.1) is 11.6 Å². The molecule has 0 atom stereocenters. The number of nitrogens with zero attached hydrogens (tertiary/aromatic N) is 5. The third-order valence-electron chi connectivity index (χ3n) is 3.83. The second kappa shape index (κ2) is 5.59. The van der Waals surface area contributed by atoms with E-state index < -0.39 is 11.5 Å². The zero-order valence-corrected chi connectivity index (χ0v) is 13.0. The molecule has 6 nitrogen and oxygen atoms in total. The number of hydrogen-bond acceptors (Lipinski definition) is 4. The smallest absolute Gasteiger partial charge is 0.246 e. The summed E-state index contributed by atoms with van der Waals surface area (Å²) < 4.78 is 29.0. The maximum absolute atomic E-state index is 13.3. The average molecular weight is 339 g/mol. The average Bonchev–Trinajstić information content (AvgIpc) is 2.90. The van der Waals surface area contributed by atoms with Gasteiger partial charge in [0.25, 0.3) is 5.78 Å². The van der Waals surface area contributed by atoms with E-state index >= 15 is 0 Å². The Morgan fingerprint density at radius 3 is 2.00 bits per heavy atom. The van der Waals surface area contributed by atoms with Crippen LogP contribution in [0.15, 0.2) is 53.3 Å². The van der Waals surface area contributed by atoms with Crippen LogP contribution >= 0.6 is 0 Å². The lowest BCUT2D eigenvalue weighted by molar-refractivity contribution is 0.627. The number of hydrogen-bond donors (Lipinski definition) is 0. The van der Waals surface area contributed by atoms with Gasteiger partial charge in [-0.3, -0.25) is 0 Å². The Morgan fingerprint density at radius 1 is 0.840 bits per heavy atom. The zero-order valence-electron chi connectivity index (χ0n) is 13.0. The Balaban J connectivity index is 2.10. The van der Waals surface area contributed by atoms with Crippen molar-refractivity contribution < 1.29 is 8.78 Å². The number of aryl methyl sites for hydroxylation is 1. The highest BCUT2D eigenvalue weighted by Crippen LogP contribution is 2.29. The van der Waals surface area contributed by atoms with Crippen molar-refractivity contribution in [3.63, 3.8) is 0 Å². The van der Waals surface area contributed by atoms with Crippen LogP contribution in [0.2, 0.25) is 0 Å². The molecule has 25 heavy (non-hydrogen) atoms. The highest BCUT2D eigenvalue weighted by Gasteiger charge is 2.19. The fraction of sp³-hybridized carbons (Fsp3) is 0.0588. The van der Waals surface area contributed by atoms with Gasteiger partial charge in [0.15, 0.2) is 0 Å². The monoisotopic (exact) mass is 339 g/mol.